The molecule has 0 saturated carbocycles. The number of aliphatic carboxylic acids is 1. The van der Waals surface area contributed by atoms with Crippen LogP contribution in [0.4, 0.5) is 14.9 Å². The van der Waals surface area contributed by atoms with E-state index < -0.39 is 29.8 Å². The van der Waals surface area contributed by atoms with E-state index in [0.29, 0.717) is 6.42 Å². The minimum atomic E-state index is -1.06. The number of nitrogens with one attached hydrogen (secondary N) is 2. The molecule has 3 aromatic carbocycles. The molecular weight excluding hydrogens is 451 g/mol. The number of carbonyl (C=O) groups excluding carboxylic acids is 2. The molecule has 2 amide bonds. The van der Waals surface area contributed by atoms with E-state index in [0.717, 1.165) is 28.3 Å². The number of carboxylic acid groups (broad SMARTS) is 1. The van der Waals surface area contributed by atoms with E-state index in [1.807, 2.05) is 48.5 Å². The first kappa shape index (κ1) is 23.9. The van der Waals surface area contributed by atoms with Gasteiger partial charge in [0.15, 0.2) is 0 Å². The molecule has 8 heteroatoms. The summed E-state index contributed by atoms with van der Waals surface area (Å²) in [4.78, 5) is 36.4. The normalized spacial score (nSPS) is 12.9. The lowest BCUT2D eigenvalue weighted by molar-refractivity contribution is -0.137. The number of carbonyl (C=O) groups is 3. The second-order valence-electron chi connectivity index (χ2n) is 8.29. The van der Waals surface area contributed by atoms with Crippen LogP contribution in [0.3, 0.4) is 0 Å². The molecule has 1 aliphatic rings. The Bertz CT molecular complexity index is 1230. The predicted octanol–water partition coefficient (Wildman–Crippen LogP) is 5.17. The van der Waals surface area contributed by atoms with Gasteiger partial charge in [-0.25, -0.2) is 9.18 Å². The number of hydrogen-bond acceptors (Lipinski definition) is 4. The van der Waals surface area contributed by atoms with E-state index in [1.54, 1.807) is 6.92 Å². The average Bonchev–Trinajstić information content (AvgIpc) is 3.17. The number of halogens is 1. The highest BCUT2D eigenvalue weighted by molar-refractivity contribution is 6.03. The lowest BCUT2D eigenvalue weighted by atomic mass is 9.98. The number of anilines is 1. The van der Waals surface area contributed by atoms with Crippen LogP contribution in [0.15, 0.2) is 66.7 Å². The van der Waals surface area contributed by atoms with E-state index in [1.165, 1.54) is 12.1 Å². The molecule has 0 spiro atoms. The molecule has 4 rings (SSSR count). The van der Waals surface area contributed by atoms with Crippen LogP contribution in [0, 0.1) is 5.82 Å². The first-order chi connectivity index (χ1) is 16.9. The number of hydrogen-bond donors (Lipinski definition) is 3. The molecule has 0 radical (unpaired) electrons. The maximum Gasteiger partial charge on any atom is 0.411 e. The molecule has 0 bridgehead atoms. The molecule has 0 heterocycles. The largest absolute Gasteiger partial charge is 0.481 e. The van der Waals surface area contributed by atoms with Crippen LogP contribution in [0.1, 0.15) is 47.2 Å². The number of rotatable bonds is 8. The second-order valence-corrected chi connectivity index (χ2v) is 8.29. The van der Waals surface area contributed by atoms with Crippen molar-refractivity contribution in [3.8, 4) is 11.1 Å². The van der Waals surface area contributed by atoms with Gasteiger partial charge in [0, 0.05) is 12.0 Å². The van der Waals surface area contributed by atoms with Crippen LogP contribution in [0.5, 0.6) is 0 Å². The molecule has 3 aromatic rings. The van der Waals surface area contributed by atoms with Crippen LogP contribution in [0.2, 0.25) is 0 Å². The molecule has 35 heavy (non-hydrogen) atoms. The molecule has 0 fully saturated rings. The number of fused-ring (bicyclic) bond motifs is 3. The quantitative estimate of drug-likeness (QED) is 0.416. The maximum absolute atomic E-state index is 14.6. The van der Waals surface area contributed by atoms with Crippen LogP contribution < -0.4 is 10.6 Å². The Morgan fingerprint density at radius 3 is 2.20 bits per heavy atom. The highest BCUT2D eigenvalue weighted by Gasteiger charge is 2.29. The lowest BCUT2D eigenvalue weighted by Gasteiger charge is -2.18. The van der Waals surface area contributed by atoms with Gasteiger partial charge in [0.25, 0.3) is 5.91 Å². The monoisotopic (exact) mass is 476 g/mol. The minimum Gasteiger partial charge on any atom is -0.481 e. The van der Waals surface area contributed by atoms with Crippen molar-refractivity contribution in [3.63, 3.8) is 0 Å². The van der Waals surface area contributed by atoms with Crippen molar-refractivity contribution in [3.05, 3.63) is 89.2 Å². The summed E-state index contributed by atoms with van der Waals surface area (Å²) in [7, 11) is 0. The van der Waals surface area contributed by atoms with Crippen molar-refractivity contribution in [1.82, 2.24) is 5.32 Å². The van der Waals surface area contributed by atoms with Crippen LogP contribution in [-0.4, -0.2) is 35.7 Å². The zero-order valence-corrected chi connectivity index (χ0v) is 19.1. The van der Waals surface area contributed by atoms with Gasteiger partial charge in [0.2, 0.25) is 0 Å². The van der Waals surface area contributed by atoms with E-state index in [4.69, 9.17) is 9.84 Å². The van der Waals surface area contributed by atoms with E-state index >= 15 is 0 Å². The number of para-hydroxylation sites is 1. The topological polar surface area (TPSA) is 105 Å². The fourth-order valence-corrected chi connectivity index (χ4v) is 4.35. The van der Waals surface area contributed by atoms with Gasteiger partial charge in [-0.05, 0) is 40.8 Å². The van der Waals surface area contributed by atoms with Gasteiger partial charge in [-0.15, -0.1) is 0 Å². The van der Waals surface area contributed by atoms with Gasteiger partial charge < -0.3 is 15.2 Å². The van der Waals surface area contributed by atoms with Crippen molar-refractivity contribution < 1.29 is 28.6 Å². The second kappa shape index (κ2) is 10.4. The number of amides is 2. The van der Waals surface area contributed by atoms with Gasteiger partial charge in [-0.2, -0.15) is 0 Å². The highest BCUT2D eigenvalue weighted by atomic mass is 19.1. The van der Waals surface area contributed by atoms with Gasteiger partial charge in [0.1, 0.15) is 12.4 Å². The van der Waals surface area contributed by atoms with Crippen LogP contribution in [-0.2, 0) is 9.53 Å². The zero-order chi connectivity index (χ0) is 24.9. The first-order valence-electron chi connectivity index (χ1n) is 11.3. The Morgan fingerprint density at radius 2 is 1.60 bits per heavy atom. The fraction of sp³-hybridized carbons (Fsp3) is 0.222. The van der Waals surface area contributed by atoms with Crippen molar-refractivity contribution in [2.24, 2.45) is 0 Å². The van der Waals surface area contributed by atoms with Gasteiger partial charge in [-0.1, -0.05) is 61.5 Å². The Kier molecular flexibility index (Phi) is 7.10. The summed E-state index contributed by atoms with van der Waals surface area (Å²) in [6.07, 6.45) is -0.793. The number of carboxylic acids is 1. The Hall–Kier alpha value is -4.20. The summed E-state index contributed by atoms with van der Waals surface area (Å²) in [6.45, 7) is 1.77. The molecule has 7 nitrogen and oxygen atoms in total. The van der Waals surface area contributed by atoms with Gasteiger partial charge >= 0.3 is 12.1 Å². The molecule has 1 atom stereocenters. The average molecular weight is 477 g/mol. The summed E-state index contributed by atoms with van der Waals surface area (Å²) < 4.78 is 20.1. The summed E-state index contributed by atoms with van der Waals surface area (Å²) in [5.74, 6) is -2.73. The van der Waals surface area contributed by atoms with E-state index in [2.05, 4.69) is 10.6 Å². The Labute approximate surface area is 201 Å². The van der Waals surface area contributed by atoms with Gasteiger partial charge in [0.05, 0.1) is 17.7 Å². The van der Waals surface area contributed by atoms with Crippen molar-refractivity contribution >= 4 is 23.7 Å². The smallest absolute Gasteiger partial charge is 0.411 e. The number of benzene rings is 3. The molecule has 0 saturated heterocycles. The summed E-state index contributed by atoms with van der Waals surface area (Å²) in [6, 6.07) is 19.0. The van der Waals surface area contributed by atoms with E-state index in [9.17, 15) is 18.8 Å². The van der Waals surface area contributed by atoms with Crippen molar-refractivity contribution in [2.75, 3.05) is 11.9 Å². The molecule has 0 unspecified atom stereocenters. The summed E-state index contributed by atoms with van der Waals surface area (Å²) >= 11 is 0. The van der Waals surface area contributed by atoms with Crippen LogP contribution in [0.25, 0.3) is 11.1 Å². The molecule has 0 aliphatic heterocycles. The first-order valence-corrected chi connectivity index (χ1v) is 11.3. The third-order valence-corrected chi connectivity index (χ3v) is 6.08. The highest BCUT2D eigenvalue weighted by Crippen LogP contribution is 2.44. The SMILES string of the molecule is CC[C@@H](CC(=O)O)NC(=O)c1cccc(F)c1NC(=O)OCC1c2ccccc2-c2ccccc21. The summed E-state index contributed by atoms with van der Waals surface area (Å²) in [5.41, 5.74) is 3.79. The number of ether oxygens (including phenoxy) is 1. The minimum absolute atomic E-state index is 0.0341. The molecule has 180 valence electrons. The van der Waals surface area contributed by atoms with Crippen molar-refractivity contribution in [1.29, 1.82) is 0 Å². The van der Waals surface area contributed by atoms with Crippen molar-refractivity contribution in [2.45, 2.75) is 31.7 Å². The Balaban J connectivity index is 1.48. The van der Waals surface area contributed by atoms with E-state index in [-0.39, 0.29) is 30.2 Å². The molecule has 1 aliphatic carbocycles. The maximum atomic E-state index is 14.6. The predicted molar refractivity (Wildman–Crippen MR) is 129 cm³/mol. The third-order valence-electron chi connectivity index (χ3n) is 6.08. The van der Waals surface area contributed by atoms with Crippen LogP contribution >= 0.6 is 0 Å². The third kappa shape index (κ3) is 5.16. The summed E-state index contributed by atoms with van der Waals surface area (Å²) in [5, 5.41) is 13.9. The molecule has 0 aromatic heterocycles. The molecular formula is C27H25FN2O5. The standard InChI is InChI=1S/C27H25FN2O5/c1-2-16(14-24(31)32)29-26(33)21-12-7-13-23(28)25(21)30-27(34)35-15-22-19-10-5-3-8-17(19)18-9-4-6-11-20(18)22/h3-13,16,22H,2,14-15H2,1H3,(H,29,33)(H,30,34)(H,31,32)/t16-/m0/s1. The Morgan fingerprint density at radius 1 is 0.971 bits per heavy atom. The lowest BCUT2D eigenvalue weighted by Crippen LogP contribution is -2.36. The zero-order valence-electron chi connectivity index (χ0n) is 19.1. The fourth-order valence-electron chi connectivity index (χ4n) is 4.35. The van der Waals surface area contributed by atoms with Gasteiger partial charge in [-0.3, -0.25) is 14.9 Å². The molecule has 3 N–H and O–H groups in total.